The Morgan fingerprint density at radius 3 is 2.81 bits per heavy atom. The van der Waals surface area contributed by atoms with E-state index in [4.69, 9.17) is 0 Å². The van der Waals surface area contributed by atoms with E-state index in [-0.39, 0.29) is 0 Å². The van der Waals surface area contributed by atoms with Crippen LogP contribution >= 0.6 is 0 Å². The average Bonchev–Trinajstić information content (AvgIpc) is 2.66. The van der Waals surface area contributed by atoms with Crippen molar-refractivity contribution in [3.8, 4) is 0 Å². The summed E-state index contributed by atoms with van der Waals surface area (Å²) >= 11 is 0. The van der Waals surface area contributed by atoms with E-state index >= 15 is 0 Å². The Balaban J connectivity index is 2.40. The van der Waals surface area contributed by atoms with Gasteiger partial charge in [-0.05, 0) is 35.7 Å². The molecule has 1 aromatic carbocycles. The predicted molar refractivity (Wildman–Crippen MR) is 67.7 cm³/mol. The number of rotatable bonds is 1. The molecule has 2 nitrogen and oxygen atoms in total. The van der Waals surface area contributed by atoms with Crippen LogP contribution in [0.15, 0.2) is 36.5 Å². The van der Waals surface area contributed by atoms with Crippen molar-refractivity contribution in [3.05, 3.63) is 42.1 Å². The third-order valence-corrected chi connectivity index (χ3v) is 3.06. The summed E-state index contributed by atoms with van der Waals surface area (Å²) < 4.78 is 0. The number of aromatic nitrogens is 2. The lowest BCUT2D eigenvalue weighted by Gasteiger charge is -2.04. The zero-order chi connectivity index (χ0) is 11.1. The van der Waals surface area contributed by atoms with Crippen LogP contribution in [-0.4, -0.2) is 9.97 Å². The van der Waals surface area contributed by atoms with E-state index < -0.39 is 0 Å². The van der Waals surface area contributed by atoms with Gasteiger partial charge in [-0.1, -0.05) is 19.9 Å². The van der Waals surface area contributed by atoms with Gasteiger partial charge in [0.05, 0.1) is 0 Å². The molecular formula is C14H14N2. The molecular weight excluding hydrogens is 196 g/mol. The molecule has 0 saturated heterocycles. The summed E-state index contributed by atoms with van der Waals surface area (Å²) in [6.45, 7) is 4.43. The molecule has 2 heteroatoms. The van der Waals surface area contributed by atoms with Crippen LogP contribution in [0.5, 0.6) is 0 Å². The van der Waals surface area contributed by atoms with Gasteiger partial charge in [-0.2, -0.15) is 0 Å². The van der Waals surface area contributed by atoms with Gasteiger partial charge in [0.15, 0.2) is 0 Å². The van der Waals surface area contributed by atoms with Crippen LogP contribution in [0.4, 0.5) is 0 Å². The van der Waals surface area contributed by atoms with Gasteiger partial charge in [0.25, 0.3) is 0 Å². The second-order valence-electron chi connectivity index (χ2n) is 4.48. The van der Waals surface area contributed by atoms with Crippen LogP contribution in [0.2, 0.25) is 0 Å². The molecule has 0 spiro atoms. The zero-order valence-corrected chi connectivity index (χ0v) is 9.49. The maximum Gasteiger partial charge on any atom is 0.138 e. The lowest BCUT2D eigenvalue weighted by atomic mass is 10.0. The Morgan fingerprint density at radius 1 is 1.12 bits per heavy atom. The summed E-state index contributed by atoms with van der Waals surface area (Å²) in [4.78, 5) is 7.67. The highest BCUT2D eigenvalue weighted by atomic mass is 14.8. The Bertz CT molecular complexity index is 650. The van der Waals surface area contributed by atoms with E-state index in [1.165, 1.54) is 16.3 Å². The summed E-state index contributed by atoms with van der Waals surface area (Å²) in [5.41, 5.74) is 3.51. The van der Waals surface area contributed by atoms with Crippen molar-refractivity contribution in [1.82, 2.24) is 9.97 Å². The molecule has 80 valence electrons. The molecule has 2 heterocycles. The molecule has 0 saturated carbocycles. The fraction of sp³-hybridized carbons (Fsp3) is 0.214. The van der Waals surface area contributed by atoms with E-state index in [0.29, 0.717) is 5.92 Å². The smallest absolute Gasteiger partial charge is 0.138 e. The van der Waals surface area contributed by atoms with Gasteiger partial charge in [0, 0.05) is 22.5 Å². The minimum absolute atomic E-state index is 0.561. The Hall–Kier alpha value is -1.83. The van der Waals surface area contributed by atoms with Crippen LogP contribution < -0.4 is 0 Å². The van der Waals surface area contributed by atoms with Crippen molar-refractivity contribution in [3.63, 3.8) is 0 Å². The van der Waals surface area contributed by atoms with Gasteiger partial charge in [0.1, 0.15) is 5.65 Å². The minimum atomic E-state index is 0.561. The molecule has 0 aliphatic carbocycles. The van der Waals surface area contributed by atoms with Gasteiger partial charge in [0.2, 0.25) is 0 Å². The molecule has 0 radical (unpaired) electrons. The highest BCUT2D eigenvalue weighted by molar-refractivity contribution is 6.05. The van der Waals surface area contributed by atoms with Gasteiger partial charge in [-0.25, -0.2) is 4.98 Å². The number of aromatic amines is 1. The number of nitrogens with one attached hydrogen (secondary N) is 1. The molecule has 0 unspecified atom stereocenters. The summed E-state index contributed by atoms with van der Waals surface area (Å²) in [6.07, 6.45) is 1.82. The summed E-state index contributed by atoms with van der Waals surface area (Å²) in [6, 6.07) is 10.7. The zero-order valence-electron chi connectivity index (χ0n) is 9.49. The monoisotopic (exact) mass is 210 g/mol. The molecule has 2 aromatic heterocycles. The standard InChI is InChI=1S/C14H14N2/c1-9(2)10-5-6-13-12(8-10)11-4-3-7-15-14(11)16-13/h3-9H,1-2H3,(H,15,16). The summed E-state index contributed by atoms with van der Waals surface area (Å²) in [7, 11) is 0. The molecule has 1 N–H and O–H groups in total. The molecule has 0 aliphatic rings. The third kappa shape index (κ3) is 1.30. The minimum Gasteiger partial charge on any atom is -0.339 e. The van der Waals surface area contributed by atoms with E-state index in [1.807, 2.05) is 12.3 Å². The first-order valence-corrected chi connectivity index (χ1v) is 5.62. The molecule has 16 heavy (non-hydrogen) atoms. The van der Waals surface area contributed by atoms with Gasteiger partial charge in [-0.3, -0.25) is 0 Å². The van der Waals surface area contributed by atoms with Crippen molar-refractivity contribution < 1.29 is 0 Å². The number of hydrogen-bond donors (Lipinski definition) is 1. The molecule has 0 bridgehead atoms. The predicted octanol–water partition coefficient (Wildman–Crippen LogP) is 3.84. The van der Waals surface area contributed by atoms with Crippen molar-refractivity contribution in [2.45, 2.75) is 19.8 Å². The Morgan fingerprint density at radius 2 is 2.00 bits per heavy atom. The topological polar surface area (TPSA) is 28.7 Å². The third-order valence-electron chi connectivity index (χ3n) is 3.06. The van der Waals surface area contributed by atoms with Crippen LogP contribution in [0, 0.1) is 0 Å². The van der Waals surface area contributed by atoms with Gasteiger partial charge >= 0.3 is 0 Å². The summed E-state index contributed by atoms with van der Waals surface area (Å²) in [5, 5.41) is 2.48. The molecule has 3 aromatic rings. The lowest BCUT2D eigenvalue weighted by molar-refractivity contribution is 0.869. The van der Waals surface area contributed by atoms with Gasteiger partial charge < -0.3 is 4.98 Å². The second-order valence-corrected chi connectivity index (χ2v) is 4.48. The van der Waals surface area contributed by atoms with Crippen molar-refractivity contribution in [2.75, 3.05) is 0 Å². The Kier molecular flexibility index (Phi) is 1.96. The fourth-order valence-corrected chi connectivity index (χ4v) is 2.10. The van der Waals surface area contributed by atoms with Crippen LogP contribution in [-0.2, 0) is 0 Å². The highest BCUT2D eigenvalue weighted by Crippen LogP contribution is 2.27. The van der Waals surface area contributed by atoms with E-state index in [9.17, 15) is 0 Å². The number of benzene rings is 1. The number of H-pyrrole nitrogens is 1. The van der Waals surface area contributed by atoms with Crippen molar-refractivity contribution >= 4 is 21.9 Å². The first-order chi connectivity index (χ1) is 7.75. The molecule has 3 rings (SSSR count). The van der Waals surface area contributed by atoms with Crippen LogP contribution in [0.1, 0.15) is 25.3 Å². The van der Waals surface area contributed by atoms with Crippen LogP contribution in [0.3, 0.4) is 0 Å². The normalized spacial score (nSPS) is 11.7. The quantitative estimate of drug-likeness (QED) is 0.649. The highest BCUT2D eigenvalue weighted by Gasteiger charge is 2.06. The largest absolute Gasteiger partial charge is 0.339 e. The molecule has 0 atom stereocenters. The van der Waals surface area contributed by atoms with Crippen molar-refractivity contribution in [1.29, 1.82) is 0 Å². The maximum atomic E-state index is 4.34. The SMILES string of the molecule is CC(C)c1ccc2[nH]c3ncccc3c2c1. The number of pyridine rings is 1. The first kappa shape index (κ1) is 9.40. The lowest BCUT2D eigenvalue weighted by Crippen LogP contribution is -1.85. The van der Waals surface area contributed by atoms with Gasteiger partial charge in [-0.15, -0.1) is 0 Å². The van der Waals surface area contributed by atoms with Crippen molar-refractivity contribution in [2.24, 2.45) is 0 Å². The fourth-order valence-electron chi connectivity index (χ4n) is 2.10. The van der Waals surface area contributed by atoms with E-state index in [0.717, 1.165) is 11.2 Å². The number of nitrogens with zero attached hydrogens (tertiary/aromatic N) is 1. The summed E-state index contributed by atoms with van der Waals surface area (Å²) in [5.74, 6) is 0.561. The second kappa shape index (κ2) is 3.34. The first-order valence-electron chi connectivity index (χ1n) is 5.62. The maximum absolute atomic E-state index is 4.34. The molecule has 0 amide bonds. The van der Waals surface area contributed by atoms with E-state index in [1.54, 1.807) is 0 Å². The van der Waals surface area contributed by atoms with E-state index in [2.05, 4.69) is 48.1 Å². The molecule has 0 fully saturated rings. The average molecular weight is 210 g/mol. The van der Waals surface area contributed by atoms with Crippen LogP contribution in [0.25, 0.3) is 21.9 Å². The number of fused-ring (bicyclic) bond motifs is 3. The molecule has 0 aliphatic heterocycles. The Labute approximate surface area is 94.3 Å². The number of hydrogen-bond acceptors (Lipinski definition) is 1.